The maximum atomic E-state index is 11.7. The normalized spacial score (nSPS) is 16.3. The van der Waals surface area contributed by atoms with Gasteiger partial charge in [-0.3, -0.25) is 34.3 Å². The smallest absolute Gasteiger partial charge is 0.317 e. The quantitative estimate of drug-likeness (QED) is 0.0370. The molecule has 0 aliphatic carbocycles. The van der Waals surface area contributed by atoms with Gasteiger partial charge in [-0.05, 0) is 19.4 Å². The lowest BCUT2D eigenvalue weighted by molar-refractivity contribution is -0.138. The van der Waals surface area contributed by atoms with Crippen molar-refractivity contribution in [3.05, 3.63) is 0 Å². The van der Waals surface area contributed by atoms with Crippen LogP contribution < -0.4 is 32.3 Å². The monoisotopic (exact) mass is 648 g/mol. The number of aliphatic hydroxyl groups is 1. The van der Waals surface area contributed by atoms with Gasteiger partial charge in [-0.2, -0.15) is 0 Å². The van der Waals surface area contributed by atoms with Crippen LogP contribution in [-0.4, -0.2) is 175 Å². The Balaban J connectivity index is 1.92. The number of carbonyl (C=O) groups is 4. The van der Waals surface area contributed by atoms with E-state index in [9.17, 15) is 24.3 Å². The number of nitrogens with two attached hydrogens (primary N) is 1. The Bertz CT molecular complexity index is 798. The molecule has 1 heterocycles. The standard InChI is InChI=1S/C28H56N8O9/c29-24(37)21-34-26(39)4-3-25(38)32-5-1-15-43-17-19-45-20-18-44-16-2-6-33-27(40)22-35-11-7-30-9-13-36(23-28(41)42)14-10-31-8-12-35/h27,30-31,33,40H,1-23H2,(H2,29,37)(H,32,38)(H,34,39)(H,41,42). The zero-order valence-corrected chi connectivity index (χ0v) is 26.6. The van der Waals surface area contributed by atoms with E-state index in [0.717, 1.165) is 45.7 Å². The molecule has 0 aromatic heterocycles. The molecule has 0 saturated carbocycles. The third-order valence-corrected chi connectivity index (χ3v) is 6.63. The van der Waals surface area contributed by atoms with Gasteiger partial charge in [0.05, 0.1) is 39.5 Å². The molecular weight excluding hydrogens is 592 g/mol. The van der Waals surface area contributed by atoms with Gasteiger partial charge in [-0.1, -0.05) is 0 Å². The van der Waals surface area contributed by atoms with Crippen molar-refractivity contribution in [2.24, 2.45) is 5.73 Å². The highest BCUT2D eigenvalue weighted by Crippen LogP contribution is 1.94. The fraction of sp³-hybridized carbons (Fsp3) is 0.857. The highest BCUT2D eigenvalue weighted by Gasteiger charge is 2.13. The third-order valence-electron chi connectivity index (χ3n) is 6.63. The number of nitrogens with zero attached hydrogens (tertiary/aromatic N) is 2. The Labute approximate surface area is 266 Å². The van der Waals surface area contributed by atoms with Crippen LogP contribution in [0.1, 0.15) is 25.7 Å². The molecular formula is C28H56N8O9. The molecule has 9 N–H and O–H groups in total. The predicted molar refractivity (Wildman–Crippen MR) is 166 cm³/mol. The molecule has 1 saturated heterocycles. The number of carboxylic acid groups (broad SMARTS) is 1. The first-order valence-electron chi connectivity index (χ1n) is 15.8. The minimum Gasteiger partial charge on any atom is -0.480 e. The summed E-state index contributed by atoms with van der Waals surface area (Å²) in [6.07, 6.45) is 0.783. The third kappa shape index (κ3) is 26.4. The number of hydrogen-bond acceptors (Lipinski definition) is 13. The summed E-state index contributed by atoms with van der Waals surface area (Å²) >= 11 is 0. The molecule has 0 aromatic rings. The molecule has 1 unspecified atom stereocenters. The van der Waals surface area contributed by atoms with Gasteiger partial charge in [0.2, 0.25) is 17.7 Å². The minimum absolute atomic E-state index is 0.00601. The van der Waals surface area contributed by atoms with Crippen molar-refractivity contribution in [2.45, 2.75) is 31.9 Å². The number of carboxylic acids is 1. The van der Waals surface area contributed by atoms with E-state index in [-0.39, 0.29) is 31.8 Å². The summed E-state index contributed by atoms with van der Waals surface area (Å²) in [6.45, 7) is 10.1. The second-order valence-electron chi connectivity index (χ2n) is 10.6. The van der Waals surface area contributed by atoms with Crippen LogP contribution in [0.2, 0.25) is 0 Å². The second-order valence-corrected chi connectivity index (χ2v) is 10.6. The highest BCUT2D eigenvalue weighted by atomic mass is 16.5. The number of aliphatic hydroxyl groups excluding tert-OH is 1. The van der Waals surface area contributed by atoms with Gasteiger partial charge in [0, 0.05) is 91.5 Å². The van der Waals surface area contributed by atoms with Gasteiger partial charge in [-0.25, -0.2) is 0 Å². The van der Waals surface area contributed by atoms with E-state index in [0.29, 0.717) is 78.8 Å². The van der Waals surface area contributed by atoms with Crippen molar-refractivity contribution < 1.29 is 43.6 Å². The van der Waals surface area contributed by atoms with Gasteiger partial charge < -0.3 is 51.4 Å². The molecule has 3 amide bonds. The molecule has 45 heavy (non-hydrogen) atoms. The lowest BCUT2D eigenvalue weighted by atomic mass is 10.2. The fourth-order valence-corrected chi connectivity index (χ4v) is 4.24. The molecule has 1 aliphatic rings. The van der Waals surface area contributed by atoms with Crippen LogP contribution in [0.3, 0.4) is 0 Å². The van der Waals surface area contributed by atoms with Gasteiger partial charge >= 0.3 is 5.97 Å². The van der Waals surface area contributed by atoms with Crippen LogP contribution >= 0.6 is 0 Å². The zero-order chi connectivity index (χ0) is 33.0. The highest BCUT2D eigenvalue weighted by molar-refractivity contribution is 5.86. The number of ether oxygens (including phenoxy) is 3. The maximum Gasteiger partial charge on any atom is 0.317 e. The molecule has 262 valence electrons. The van der Waals surface area contributed by atoms with Crippen LogP contribution in [0.5, 0.6) is 0 Å². The van der Waals surface area contributed by atoms with Gasteiger partial charge in [-0.15, -0.1) is 0 Å². The zero-order valence-electron chi connectivity index (χ0n) is 26.6. The molecule has 1 fully saturated rings. The predicted octanol–water partition coefficient (Wildman–Crippen LogP) is -3.90. The van der Waals surface area contributed by atoms with Crippen LogP contribution in [0.25, 0.3) is 0 Å². The topological polar surface area (TPSA) is 229 Å². The first-order chi connectivity index (χ1) is 21.8. The lowest BCUT2D eigenvalue weighted by Crippen LogP contribution is -2.48. The van der Waals surface area contributed by atoms with Crippen molar-refractivity contribution in [1.29, 1.82) is 0 Å². The number of amides is 3. The molecule has 0 bridgehead atoms. The van der Waals surface area contributed by atoms with Gasteiger partial charge in [0.1, 0.15) is 6.23 Å². The SMILES string of the molecule is NC(=O)CNC(=O)CCC(=O)NCCCOCCOCCOCCCNC(O)CN1CCNCCN(CC(=O)O)CCNCC1. The second kappa shape index (κ2) is 27.8. The van der Waals surface area contributed by atoms with E-state index in [1.807, 2.05) is 4.90 Å². The molecule has 17 heteroatoms. The summed E-state index contributed by atoms with van der Waals surface area (Å²) in [5.74, 6) is -2.09. The fourth-order valence-electron chi connectivity index (χ4n) is 4.24. The van der Waals surface area contributed by atoms with Crippen LogP contribution in [0.4, 0.5) is 0 Å². The molecule has 0 spiro atoms. The Morgan fingerprint density at radius 1 is 0.733 bits per heavy atom. The molecule has 1 aliphatic heterocycles. The number of rotatable bonds is 24. The average molecular weight is 649 g/mol. The summed E-state index contributed by atoms with van der Waals surface area (Å²) in [7, 11) is 0. The lowest BCUT2D eigenvalue weighted by Gasteiger charge is -2.27. The summed E-state index contributed by atoms with van der Waals surface area (Å²) < 4.78 is 16.5. The molecule has 0 radical (unpaired) electrons. The number of aliphatic carboxylic acids is 1. The number of carbonyl (C=O) groups excluding carboxylic acids is 3. The van der Waals surface area contributed by atoms with E-state index < -0.39 is 24.0 Å². The van der Waals surface area contributed by atoms with Crippen molar-refractivity contribution >= 4 is 23.7 Å². The average Bonchev–Trinajstić information content (AvgIpc) is 2.99. The Kier molecular flexibility index (Phi) is 25.0. The number of hydrogen-bond donors (Lipinski definition) is 8. The van der Waals surface area contributed by atoms with Crippen molar-refractivity contribution in [2.75, 3.05) is 125 Å². The van der Waals surface area contributed by atoms with E-state index in [2.05, 4.69) is 31.5 Å². The van der Waals surface area contributed by atoms with E-state index in [1.54, 1.807) is 0 Å². The van der Waals surface area contributed by atoms with E-state index in [4.69, 9.17) is 25.1 Å². The molecule has 17 nitrogen and oxygen atoms in total. The van der Waals surface area contributed by atoms with Crippen molar-refractivity contribution in [3.8, 4) is 0 Å². The maximum absolute atomic E-state index is 11.7. The first-order valence-corrected chi connectivity index (χ1v) is 15.8. The largest absolute Gasteiger partial charge is 0.480 e. The Morgan fingerprint density at radius 3 is 1.76 bits per heavy atom. The molecule has 1 rings (SSSR count). The van der Waals surface area contributed by atoms with E-state index in [1.165, 1.54) is 0 Å². The van der Waals surface area contributed by atoms with Gasteiger partial charge in [0.25, 0.3) is 0 Å². The van der Waals surface area contributed by atoms with Gasteiger partial charge in [0.15, 0.2) is 0 Å². The Morgan fingerprint density at radius 2 is 1.22 bits per heavy atom. The van der Waals surface area contributed by atoms with Crippen LogP contribution in [0, 0.1) is 0 Å². The van der Waals surface area contributed by atoms with E-state index >= 15 is 0 Å². The summed E-state index contributed by atoms with van der Waals surface area (Å²) in [6, 6.07) is 0. The van der Waals surface area contributed by atoms with Crippen LogP contribution in [0.15, 0.2) is 0 Å². The number of primary amides is 1. The summed E-state index contributed by atoms with van der Waals surface area (Å²) in [4.78, 5) is 48.9. The Hall–Kier alpha value is -2.48. The minimum atomic E-state index is -0.812. The summed E-state index contributed by atoms with van der Waals surface area (Å²) in [5.41, 5.74) is 4.94. The van der Waals surface area contributed by atoms with Crippen LogP contribution in [-0.2, 0) is 33.4 Å². The summed E-state index contributed by atoms with van der Waals surface area (Å²) in [5, 5.41) is 34.3. The number of β-amino-alcohol motifs (C(OH)–C–C–N with tert-alkyl or cyclic N) is 1. The van der Waals surface area contributed by atoms with Crippen molar-refractivity contribution in [1.82, 2.24) is 36.4 Å². The van der Waals surface area contributed by atoms with Crippen molar-refractivity contribution in [3.63, 3.8) is 0 Å². The molecule has 0 aromatic carbocycles. The number of nitrogens with one attached hydrogen (secondary N) is 5. The molecule has 1 atom stereocenters. The first kappa shape index (κ1) is 40.5.